The van der Waals surface area contributed by atoms with Gasteiger partial charge in [-0.25, -0.2) is 0 Å². The fourth-order valence-electron chi connectivity index (χ4n) is 2.42. The van der Waals surface area contributed by atoms with E-state index in [2.05, 4.69) is 35.4 Å². The van der Waals surface area contributed by atoms with Crippen molar-refractivity contribution in [2.45, 2.75) is 31.6 Å². The normalized spacial score (nSPS) is 23.4. The van der Waals surface area contributed by atoms with Crippen molar-refractivity contribution in [1.82, 2.24) is 5.01 Å². The van der Waals surface area contributed by atoms with Gasteiger partial charge in [-0.05, 0) is 24.8 Å². The molecular formula is C14H20N2. The average molecular weight is 216 g/mol. The average Bonchev–Trinajstić information content (AvgIpc) is 2.30. The molecule has 1 aliphatic rings. The van der Waals surface area contributed by atoms with Gasteiger partial charge in [-0.2, -0.15) is 5.10 Å². The van der Waals surface area contributed by atoms with Gasteiger partial charge in [0.2, 0.25) is 0 Å². The molecule has 1 aliphatic carbocycles. The molecular weight excluding hydrogens is 196 g/mol. The monoisotopic (exact) mass is 216 g/mol. The van der Waals surface area contributed by atoms with E-state index in [9.17, 15) is 0 Å². The van der Waals surface area contributed by atoms with E-state index in [1.54, 1.807) is 0 Å². The second-order valence-electron chi connectivity index (χ2n) is 4.65. The Balaban J connectivity index is 2.23. The molecule has 0 bridgehead atoms. The molecule has 2 nitrogen and oxygen atoms in total. The zero-order valence-electron chi connectivity index (χ0n) is 10.2. The SMILES string of the molecule is CN(C)/N=C1\CCCCC1c1ccccc1. The van der Waals surface area contributed by atoms with Gasteiger partial charge < -0.3 is 5.01 Å². The van der Waals surface area contributed by atoms with Crippen molar-refractivity contribution in [3.05, 3.63) is 35.9 Å². The van der Waals surface area contributed by atoms with Gasteiger partial charge in [0.1, 0.15) is 0 Å². The minimum Gasteiger partial charge on any atom is -0.303 e. The molecule has 1 aromatic carbocycles. The van der Waals surface area contributed by atoms with Crippen LogP contribution in [0.25, 0.3) is 0 Å². The number of rotatable bonds is 2. The minimum atomic E-state index is 0.539. The standard InChI is InChI=1S/C14H20N2/c1-16(2)15-14-11-7-6-10-13(14)12-8-4-3-5-9-12/h3-5,8-9,13H,6-7,10-11H2,1-2H3/b15-14+. The summed E-state index contributed by atoms with van der Waals surface area (Å²) in [5, 5.41) is 6.57. The molecule has 1 saturated carbocycles. The Bertz CT molecular complexity index is 354. The van der Waals surface area contributed by atoms with Crippen LogP contribution in [0.15, 0.2) is 35.4 Å². The Kier molecular flexibility index (Phi) is 3.60. The highest BCUT2D eigenvalue weighted by Gasteiger charge is 2.22. The summed E-state index contributed by atoms with van der Waals surface area (Å²) in [5.74, 6) is 0.539. The van der Waals surface area contributed by atoms with Crippen LogP contribution < -0.4 is 0 Å². The summed E-state index contributed by atoms with van der Waals surface area (Å²) in [6.45, 7) is 0. The van der Waals surface area contributed by atoms with Crippen LogP contribution in [0, 0.1) is 0 Å². The molecule has 0 saturated heterocycles. The molecule has 1 atom stereocenters. The molecule has 0 amide bonds. The first-order valence-electron chi connectivity index (χ1n) is 6.07. The lowest BCUT2D eigenvalue weighted by Gasteiger charge is -2.25. The Morgan fingerprint density at radius 2 is 1.88 bits per heavy atom. The molecule has 0 radical (unpaired) electrons. The highest BCUT2D eigenvalue weighted by atomic mass is 15.4. The highest BCUT2D eigenvalue weighted by Crippen LogP contribution is 2.30. The lowest BCUT2D eigenvalue weighted by molar-refractivity contribution is 0.427. The number of hydrogen-bond acceptors (Lipinski definition) is 2. The molecule has 1 unspecified atom stereocenters. The van der Waals surface area contributed by atoms with E-state index in [1.807, 2.05) is 19.1 Å². The summed E-state index contributed by atoms with van der Waals surface area (Å²) < 4.78 is 0. The first-order valence-corrected chi connectivity index (χ1v) is 6.07. The summed E-state index contributed by atoms with van der Waals surface area (Å²) in [7, 11) is 4.01. The van der Waals surface area contributed by atoms with Gasteiger partial charge in [-0.15, -0.1) is 0 Å². The van der Waals surface area contributed by atoms with Crippen LogP contribution in [0.3, 0.4) is 0 Å². The van der Waals surface area contributed by atoms with Crippen LogP contribution in [-0.4, -0.2) is 24.8 Å². The quantitative estimate of drug-likeness (QED) is 0.693. The van der Waals surface area contributed by atoms with E-state index < -0.39 is 0 Å². The second-order valence-corrected chi connectivity index (χ2v) is 4.65. The summed E-state index contributed by atoms with van der Waals surface area (Å²) in [6, 6.07) is 10.8. The summed E-state index contributed by atoms with van der Waals surface area (Å²) >= 11 is 0. The lowest BCUT2D eigenvalue weighted by atomic mass is 9.82. The van der Waals surface area contributed by atoms with Gasteiger partial charge in [0.25, 0.3) is 0 Å². The zero-order chi connectivity index (χ0) is 11.4. The fraction of sp³-hybridized carbons (Fsp3) is 0.500. The Hall–Kier alpha value is -1.31. The number of hydrazone groups is 1. The van der Waals surface area contributed by atoms with Crippen molar-refractivity contribution in [3.8, 4) is 0 Å². The summed E-state index contributed by atoms with van der Waals surface area (Å²) in [4.78, 5) is 0. The molecule has 86 valence electrons. The maximum absolute atomic E-state index is 4.64. The van der Waals surface area contributed by atoms with Gasteiger partial charge >= 0.3 is 0 Å². The maximum atomic E-state index is 4.64. The molecule has 0 aliphatic heterocycles. The van der Waals surface area contributed by atoms with Crippen molar-refractivity contribution >= 4 is 5.71 Å². The zero-order valence-corrected chi connectivity index (χ0v) is 10.2. The van der Waals surface area contributed by atoms with Crippen LogP contribution in [0.5, 0.6) is 0 Å². The van der Waals surface area contributed by atoms with E-state index in [1.165, 1.54) is 30.5 Å². The smallest absolute Gasteiger partial charge is 0.0455 e. The predicted molar refractivity (Wildman–Crippen MR) is 68.8 cm³/mol. The first kappa shape index (κ1) is 11.2. The third kappa shape index (κ3) is 2.63. The van der Waals surface area contributed by atoms with Crippen LogP contribution in [0.1, 0.15) is 37.2 Å². The highest BCUT2D eigenvalue weighted by molar-refractivity contribution is 5.91. The Morgan fingerprint density at radius 3 is 2.56 bits per heavy atom. The maximum Gasteiger partial charge on any atom is 0.0455 e. The number of hydrogen-bond donors (Lipinski definition) is 0. The van der Waals surface area contributed by atoms with Crippen molar-refractivity contribution in [3.63, 3.8) is 0 Å². The fourth-order valence-corrected chi connectivity index (χ4v) is 2.42. The number of nitrogens with zero attached hydrogens (tertiary/aromatic N) is 2. The topological polar surface area (TPSA) is 15.6 Å². The van der Waals surface area contributed by atoms with Gasteiger partial charge in [0, 0.05) is 25.7 Å². The number of benzene rings is 1. The molecule has 0 aromatic heterocycles. The summed E-state index contributed by atoms with van der Waals surface area (Å²) in [6.07, 6.45) is 5.01. The predicted octanol–water partition coefficient (Wildman–Crippen LogP) is 3.26. The molecule has 0 heterocycles. The third-order valence-corrected chi connectivity index (χ3v) is 3.11. The van der Waals surface area contributed by atoms with Crippen molar-refractivity contribution < 1.29 is 0 Å². The van der Waals surface area contributed by atoms with Gasteiger partial charge in [0.15, 0.2) is 0 Å². The largest absolute Gasteiger partial charge is 0.303 e. The van der Waals surface area contributed by atoms with Crippen LogP contribution in [-0.2, 0) is 0 Å². The Labute approximate surface area is 98.0 Å². The van der Waals surface area contributed by atoms with E-state index in [4.69, 9.17) is 0 Å². The van der Waals surface area contributed by atoms with Gasteiger partial charge in [-0.3, -0.25) is 0 Å². The molecule has 0 spiro atoms. The van der Waals surface area contributed by atoms with Gasteiger partial charge in [0.05, 0.1) is 0 Å². The molecule has 0 N–H and O–H groups in total. The minimum absolute atomic E-state index is 0.539. The van der Waals surface area contributed by atoms with Crippen LogP contribution in [0.4, 0.5) is 0 Å². The van der Waals surface area contributed by atoms with E-state index in [0.29, 0.717) is 5.92 Å². The van der Waals surface area contributed by atoms with E-state index in [-0.39, 0.29) is 0 Å². The molecule has 1 aromatic rings. The molecule has 1 fully saturated rings. The van der Waals surface area contributed by atoms with Crippen molar-refractivity contribution in [2.24, 2.45) is 5.10 Å². The van der Waals surface area contributed by atoms with Gasteiger partial charge in [-0.1, -0.05) is 36.8 Å². The second kappa shape index (κ2) is 5.15. The van der Waals surface area contributed by atoms with Crippen molar-refractivity contribution in [1.29, 1.82) is 0 Å². The first-order chi connectivity index (χ1) is 7.77. The van der Waals surface area contributed by atoms with Crippen LogP contribution in [0.2, 0.25) is 0 Å². The summed E-state index contributed by atoms with van der Waals surface area (Å²) in [5.41, 5.74) is 2.77. The third-order valence-electron chi connectivity index (χ3n) is 3.11. The molecule has 2 heteroatoms. The molecule has 2 rings (SSSR count). The Morgan fingerprint density at radius 1 is 1.12 bits per heavy atom. The molecule has 16 heavy (non-hydrogen) atoms. The van der Waals surface area contributed by atoms with Crippen LogP contribution >= 0.6 is 0 Å². The lowest BCUT2D eigenvalue weighted by Crippen LogP contribution is -2.20. The van der Waals surface area contributed by atoms with Crippen molar-refractivity contribution in [2.75, 3.05) is 14.1 Å². The van der Waals surface area contributed by atoms with E-state index in [0.717, 1.165) is 6.42 Å². The van der Waals surface area contributed by atoms with E-state index >= 15 is 0 Å².